The van der Waals surface area contributed by atoms with Crippen LogP contribution in [0.4, 0.5) is 11.4 Å². The van der Waals surface area contributed by atoms with Crippen LogP contribution < -0.4 is 9.08 Å². The number of aliphatic imine (C=N–C) groups is 1. The van der Waals surface area contributed by atoms with Gasteiger partial charge in [0.2, 0.25) is 0 Å². The standard InChI is InChI=1S/C30H23ClN2O4S2/c1-20-8-13-24(14-9-20)32-30-33(25-15-10-21(2)11-16-25)29(34)28(38-30)19-22-18-23(31)12-17-27(22)37-39(35,36)26-6-4-3-5-7-26/h3-19H,1-2H3/b28-19-,32-30?. The van der Waals surface area contributed by atoms with Crippen LogP contribution in [0.15, 0.2) is 112 Å². The molecule has 0 atom stereocenters. The highest BCUT2D eigenvalue weighted by molar-refractivity contribution is 8.19. The van der Waals surface area contributed by atoms with Crippen molar-refractivity contribution in [2.75, 3.05) is 4.90 Å². The van der Waals surface area contributed by atoms with E-state index in [9.17, 15) is 13.2 Å². The Hall–Kier alpha value is -3.85. The van der Waals surface area contributed by atoms with Gasteiger partial charge in [0.25, 0.3) is 5.91 Å². The fourth-order valence-electron chi connectivity index (χ4n) is 3.80. The third kappa shape index (κ3) is 6.09. The molecule has 0 unspecified atom stereocenters. The van der Waals surface area contributed by atoms with E-state index in [0.717, 1.165) is 11.1 Å². The molecule has 39 heavy (non-hydrogen) atoms. The molecule has 1 aliphatic rings. The van der Waals surface area contributed by atoms with Gasteiger partial charge in [0.05, 0.1) is 16.3 Å². The molecule has 9 heteroatoms. The summed E-state index contributed by atoms with van der Waals surface area (Å²) in [5.74, 6) is -0.249. The lowest BCUT2D eigenvalue weighted by atomic mass is 10.1. The summed E-state index contributed by atoms with van der Waals surface area (Å²) in [6.45, 7) is 3.97. The molecule has 0 bridgehead atoms. The Kier molecular flexibility index (Phi) is 7.61. The van der Waals surface area contributed by atoms with E-state index < -0.39 is 10.1 Å². The maximum atomic E-state index is 13.7. The van der Waals surface area contributed by atoms with Gasteiger partial charge in [-0.05, 0) is 86.3 Å². The molecule has 0 N–H and O–H groups in total. The molecule has 1 saturated heterocycles. The lowest BCUT2D eigenvalue weighted by molar-refractivity contribution is -0.113. The second kappa shape index (κ2) is 11.1. The number of hydrogen-bond acceptors (Lipinski definition) is 6. The van der Waals surface area contributed by atoms with E-state index in [4.69, 9.17) is 20.8 Å². The van der Waals surface area contributed by atoms with Gasteiger partial charge < -0.3 is 4.18 Å². The molecule has 4 aromatic carbocycles. The van der Waals surface area contributed by atoms with Crippen LogP contribution in [0.5, 0.6) is 5.75 Å². The smallest absolute Gasteiger partial charge is 0.339 e. The van der Waals surface area contributed by atoms with Crippen molar-refractivity contribution >= 4 is 62.0 Å². The number of carbonyl (C=O) groups is 1. The minimum Gasteiger partial charge on any atom is -0.378 e. The molecule has 0 saturated carbocycles. The largest absolute Gasteiger partial charge is 0.378 e. The summed E-state index contributed by atoms with van der Waals surface area (Å²) in [5.41, 5.74) is 3.88. The molecule has 5 rings (SSSR count). The van der Waals surface area contributed by atoms with Gasteiger partial charge in [0, 0.05) is 10.6 Å². The van der Waals surface area contributed by atoms with Crippen LogP contribution in [0.25, 0.3) is 6.08 Å². The monoisotopic (exact) mass is 574 g/mol. The maximum Gasteiger partial charge on any atom is 0.339 e. The van der Waals surface area contributed by atoms with Crippen LogP contribution in [-0.4, -0.2) is 19.5 Å². The van der Waals surface area contributed by atoms with E-state index in [1.807, 2.05) is 62.4 Å². The average molecular weight is 575 g/mol. The highest BCUT2D eigenvalue weighted by Gasteiger charge is 2.35. The van der Waals surface area contributed by atoms with E-state index in [0.29, 0.717) is 32.0 Å². The first-order valence-electron chi connectivity index (χ1n) is 11.9. The van der Waals surface area contributed by atoms with Crippen molar-refractivity contribution in [2.45, 2.75) is 18.7 Å². The summed E-state index contributed by atoms with van der Waals surface area (Å²) in [7, 11) is -4.11. The molecular weight excluding hydrogens is 552 g/mol. The molecule has 0 radical (unpaired) electrons. The SMILES string of the molecule is Cc1ccc(N=C2S/C(=C\c3cc(Cl)ccc3OS(=O)(=O)c3ccccc3)C(=O)N2c2ccc(C)cc2)cc1. The van der Waals surface area contributed by atoms with E-state index in [1.54, 1.807) is 35.2 Å². The van der Waals surface area contributed by atoms with Crippen LogP contribution in [0.2, 0.25) is 5.02 Å². The molecule has 4 aromatic rings. The number of amides is 1. The highest BCUT2D eigenvalue weighted by atomic mass is 35.5. The minimum atomic E-state index is -4.11. The molecule has 1 heterocycles. The second-order valence-corrected chi connectivity index (χ2v) is 11.8. The number of nitrogens with zero attached hydrogens (tertiary/aromatic N) is 2. The van der Waals surface area contributed by atoms with Gasteiger partial charge in [0.1, 0.15) is 10.6 Å². The van der Waals surface area contributed by atoms with Crippen LogP contribution in [-0.2, 0) is 14.9 Å². The third-order valence-corrected chi connectivity index (χ3v) is 8.30. The minimum absolute atomic E-state index is 0.0166. The predicted molar refractivity (Wildman–Crippen MR) is 158 cm³/mol. The second-order valence-electron chi connectivity index (χ2n) is 8.85. The third-order valence-electron chi connectivity index (χ3n) is 5.85. The lowest BCUT2D eigenvalue weighted by Gasteiger charge is -2.16. The first kappa shape index (κ1) is 26.7. The summed E-state index contributed by atoms with van der Waals surface area (Å²) in [5, 5.41) is 0.839. The first-order chi connectivity index (χ1) is 18.7. The van der Waals surface area contributed by atoms with E-state index in [-0.39, 0.29) is 16.6 Å². The number of aryl methyl sites for hydroxylation is 2. The summed E-state index contributed by atoms with van der Waals surface area (Å²) in [4.78, 5) is 20.4. The van der Waals surface area contributed by atoms with Crippen LogP contribution in [0, 0.1) is 13.8 Å². The van der Waals surface area contributed by atoms with E-state index >= 15 is 0 Å². The van der Waals surface area contributed by atoms with Gasteiger partial charge >= 0.3 is 10.1 Å². The molecule has 1 amide bonds. The van der Waals surface area contributed by atoms with Crippen molar-refractivity contribution in [1.82, 2.24) is 0 Å². The zero-order valence-electron chi connectivity index (χ0n) is 21.0. The van der Waals surface area contributed by atoms with E-state index in [1.165, 1.54) is 36.0 Å². The van der Waals surface area contributed by atoms with Crippen LogP contribution >= 0.6 is 23.4 Å². The van der Waals surface area contributed by atoms with Gasteiger partial charge in [-0.1, -0.05) is 65.2 Å². The molecule has 1 fully saturated rings. The molecule has 0 aliphatic carbocycles. The molecule has 196 valence electrons. The Bertz CT molecular complexity index is 1700. The normalized spacial score (nSPS) is 15.8. The van der Waals surface area contributed by atoms with Gasteiger partial charge in [-0.25, -0.2) is 4.99 Å². The predicted octanol–water partition coefficient (Wildman–Crippen LogP) is 7.53. The van der Waals surface area contributed by atoms with Crippen LogP contribution in [0.1, 0.15) is 16.7 Å². The summed E-state index contributed by atoms with van der Waals surface area (Å²) < 4.78 is 31.3. The molecule has 0 spiro atoms. The number of amidine groups is 1. The number of halogens is 1. The fraction of sp³-hybridized carbons (Fsp3) is 0.0667. The van der Waals surface area contributed by atoms with Gasteiger partial charge in [-0.3, -0.25) is 9.69 Å². The quantitative estimate of drug-likeness (QED) is 0.176. The number of benzene rings is 4. The summed E-state index contributed by atoms with van der Waals surface area (Å²) in [6, 6.07) is 27.7. The number of rotatable bonds is 6. The van der Waals surface area contributed by atoms with Gasteiger partial charge in [-0.15, -0.1) is 0 Å². The topological polar surface area (TPSA) is 76.0 Å². The highest BCUT2D eigenvalue weighted by Crippen LogP contribution is 2.39. The summed E-state index contributed by atoms with van der Waals surface area (Å²) >= 11 is 7.44. The maximum absolute atomic E-state index is 13.7. The Morgan fingerprint density at radius 2 is 1.51 bits per heavy atom. The van der Waals surface area contributed by atoms with Gasteiger partial charge in [-0.2, -0.15) is 8.42 Å². The zero-order valence-corrected chi connectivity index (χ0v) is 23.4. The Morgan fingerprint density at radius 1 is 0.872 bits per heavy atom. The Labute approximate surface area is 236 Å². The Balaban J connectivity index is 1.56. The van der Waals surface area contributed by atoms with Crippen molar-refractivity contribution in [3.8, 4) is 5.75 Å². The number of carbonyl (C=O) groups excluding carboxylic acids is 1. The molecule has 0 aromatic heterocycles. The fourth-order valence-corrected chi connectivity index (χ4v) is 5.95. The Morgan fingerprint density at radius 3 is 2.18 bits per heavy atom. The van der Waals surface area contributed by atoms with Crippen molar-refractivity contribution in [3.63, 3.8) is 0 Å². The van der Waals surface area contributed by atoms with E-state index in [2.05, 4.69) is 0 Å². The summed E-state index contributed by atoms with van der Waals surface area (Å²) in [6.07, 6.45) is 1.58. The molecule has 1 aliphatic heterocycles. The average Bonchev–Trinajstić information content (AvgIpc) is 3.22. The number of hydrogen-bond donors (Lipinski definition) is 0. The van der Waals surface area contributed by atoms with Crippen molar-refractivity contribution in [3.05, 3.63) is 124 Å². The molecular formula is C30H23ClN2O4S2. The first-order valence-corrected chi connectivity index (χ1v) is 14.5. The molecule has 6 nitrogen and oxygen atoms in total. The lowest BCUT2D eigenvalue weighted by Crippen LogP contribution is -2.28. The van der Waals surface area contributed by atoms with Crippen molar-refractivity contribution in [1.29, 1.82) is 0 Å². The van der Waals surface area contributed by atoms with Crippen molar-refractivity contribution in [2.24, 2.45) is 4.99 Å². The van der Waals surface area contributed by atoms with Gasteiger partial charge in [0.15, 0.2) is 5.17 Å². The number of thioether (sulfide) groups is 1. The zero-order chi connectivity index (χ0) is 27.6. The van der Waals surface area contributed by atoms with Crippen molar-refractivity contribution < 1.29 is 17.4 Å². The number of anilines is 1. The van der Waals surface area contributed by atoms with Crippen LogP contribution in [0.3, 0.4) is 0 Å².